The SMILES string of the molecule is CC(C)[C@H](NC(=O)OCc1ccccc1)C(=O)N1CCC[C@H]1C(=O)NCCC(F)(F)F. The summed E-state index contributed by atoms with van der Waals surface area (Å²) in [7, 11) is 0. The summed E-state index contributed by atoms with van der Waals surface area (Å²) in [6.07, 6.45) is -5.37. The van der Waals surface area contributed by atoms with Gasteiger partial charge in [-0.25, -0.2) is 4.79 Å². The number of nitrogens with one attached hydrogen (secondary N) is 2. The van der Waals surface area contributed by atoms with Gasteiger partial charge in [0, 0.05) is 13.1 Å². The molecule has 7 nitrogen and oxygen atoms in total. The molecule has 1 aliphatic heterocycles. The zero-order valence-electron chi connectivity index (χ0n) is 17.6. The number of halogens is 3. The molecule has 0 spiro atoms. The number of hydrogen-bond acceptors (Lipinski definition) is 4. The van der Waals surface area contributed by atoms with Gasteiger partial charge in [-0.1, -0.05) is 44.2 Å². The molecule has 1 fully saturated rings. The lowest BCUT2D eigenvalue weighted by Gasteiger charge is -2.30. The average Bonchev–Trinajstić information content (AvgIpc) is 3.19. The number of nitrogens with zero attached hydrogens (tertiary/aromatic N) is 1. The highest BCUT2D eigenvalue weighted by atomic mass is 19.4. The van der Waals surface area contributed by atoms with Crippen LogP contribution in [-0.2, 0) is 20.9 Å². The summed E-state index contributed by atoms with van der Waals surface area (Å²) in [4.78, 5) is 38.9. The second-order valence-corrected chi connectivity index (χ2v) is 7.77. The van der Waals surface area contributed by atoms with E-state index >= 15 is 0 Å². The minimum absolute atomic E-state index is 0.0413. The number of carbonyl (C=O) groups is 3. The minimum Gasteiger partial charge on any atom is -0.445 e. The summed E-state index contributed by atoms with van der Waals surface area (Å²) < 4.78 is 42.1. The Morgan fingerprint density at radius 2 is 1.87 bits per heavy atom. The summed E-state index contributed by atoms with van der Waals surface area (Å²) in [5.74, 6) is -1.37. The van der Waals surface area contributed by atoms with Crippen LogP contribution in [0.5, 0.6) is 0 Å². The van der Waals surface area contributed by atoms with E-state index in [0.29, 0.717) is 19.4 Å². The molecule has 0 aliphatic carbocycles. The average molecular weight is 443 g/mol. The molecular formula is C21H28F3N3O4. The van der Waals surface area contributed by atoms with Crippen LogP contribution in [0.25, 0.3) is 0 Å². The van der Waals surface area contributed by atoms with Crippen molar-refractivity contribution in [3.63, 3.8) is 0 Å². The minimum atomic E-state index is -4.37. The van der Waals surface area contributed by atoms with Crippen molar-refractivity contribution >= 4 is 17.9 Å². The number of likely N-dealkylation sites (tertiary alicyclic amines) is 1. The highest BCUT2D eigenvalue weighted by molar-refractivity contribution is 5.92. The monoisotopic (exact) mass is 443 g/mol. The zero-order valence-corrected chi connectivity index (χ0v) is 17.6. The first-order valence-electron chi connectivity index (χ1n) is 10.2. The van der Waals surface area contributed by atoms with Gasteiger partial charge in [-0.05, 0) is 24.3 Å². The Hall–Kier alpha value is -2.78. The normalized spacial score (nSPS) is 17.4. The van der Waals surface area contributed by atoms with Crippen molar-refractivity contribution in [2.24, 2.45) is 5.92 Å². The van der Waals surface area contributed by atoms with Crippen molar-refractivity contribution in [3.05, 3.63) is 35.9 Å². The molecule has 2 N–H and O–H groups in total. The van der Waals surface area contributed by atoms with Gasteiger partial charge in [0.1, 0.15) is 18.7 Å². The van der Waals surface area contributed by atoms with E-state index in [9.17, 15) is 27.6 Å². The van der Waals surface area contributed by atoms with E-state index in [0.717, 1.165) is 5.56 Å². The summed E-state index contributed by atoms with van der Waals surface area (Å²) >= 11 is 0. The maximum atomic E-state index is 13.0. The second-order valence-electron chi connectivity index (χ2n) is 7.77. The molecule has 3 amide bonds. The molecule has 2 rings (SSSR count). The van der Waals surface area contributed by atoms with E-state index in [2.05, 4.69) is 10.6 Å². The van der Waals surface area contributed by atoms with E-state index < -0.39 is 49.1 Å². The van der Waals surface area contributed by atoms with Crippen LogP contribution in [0.1, 0.15) is 38.7 Å². The number of amides is 3. The lowest BCUT2D eigenvalue weighted by Crippen LogP contribution is -2.55. The second kappa shape index (κ2) is 11.0. The molecule has 1 heterocycles. The summed E-state index contributed by atoms with van der Waals surface area (Å²) in [6, 6.07) is 7.27. The van der Waals surface area contributed by atoms with Crippen molar-refractivity contribution < 1.29 is 32.3 Å². The third-order valence-corrected chi connectivity index (χ3v) is 4.97. The summed E-state index contributed by atoms with van der Waals surface area (Å²) in [6.45, 7) is 3.28. The Morgan fingerprint density at radius 1 is 1.19 bits per heavy atom. The van der Waals surface area contributed by atoms with Crippen LogP contribution in [0.3, 0.4) is 0 Å². The van der Waals surface area contributed by atoms with Gasteiger partial charge in [-0.15, -0.1) is 0 Å². The molecule has 31 heavy (non-hydrogen) atoms. The van der Waals surface area contributed by atoms with Crippen LogP contribution in [0.15, 0.2) is 30.3 Å². The number of alkyl halides is 3. The fourth-order valence-electron chi connectivity index (χ4n) is 3.33. The predicted octanol–water partition coefficient (Wildman–Crippen LogP) is 3.00. The summed E-state index contributed by atoms with van der Waals surface area (Å²) in [5, 5.41) is 4.80. The standard InChI is InChI=1S/C21H28F3N3O4/c1-14(2)17(26-20(30)31-13-15-7-4-3-5-8-15)19(29)27-12-6-9-16(27)18(28)25-11-10-21(22,23)24/h3-5,7-8,14,16-17H,6,9-13H2,1-2H3,(H,25,28)(H,26,30)/t16-,17-/m0/s1. The van der Waals surface area contributed by atoms with Crippen LogP contribution < -0.4 is 10.6 Å². The Bertz CT molecular complexity index is 756. The third-order valence-electron chi connectivity index (χ3n) is 4.97. The van der Waals surface area contributed by atoms with Gasteiger partial charge in [-0.2, -0.15) is 13.2 Å². The van der Waals surface area contributed by atoms with E-state index in [1.807, 2.05) is 18.2 Å². The lowest BCUT2D eigenvalue weighted by molar-refractivity contribution is -0.143. The van der Waals surface area contributed by atoms with E-state index in [1.165, 1.54) is 4.90 Å². The van der Waals surface area contributed by atoms with Gasteiger partial charge in [0.15, 0.2) is 0 Å². The first-order chi connectivity index (χ1) is 14.6. The molecule has 1 saturated heterocycles. The molecular weight excluding hydrogens is 415 g/mol. The van der Waals surface area contributed by atoms with Crippen molar-refractivity contribution in [2.45, 2.75) is 58.0 Å². The summed E-state index contributed by atoms with van der Waals surface area (Å²) in [5.41, 5.74) is 0.792. The van der Waals surface area contributed by atoms with E-state index in [4.69, 9.17) is 4.74 Å². The fourth-order valence-corrected chi connectivity index (χ4v) is 3.33. The van der Waals surface area contributed by atoms with Crippen LogP contribution >= 0.6 is 0 Å². The quantitative estimate of drug-likeness (QED) is 0.647. The van der Waals surface area contributed by atoms with E-state index in [1.54, 1.807) is 26.0 Å². The molecule has 0 bridgehead atoms. The molecule has 0 unspecified atom stereocenters. The van der Waals surface area contributed by atoms with Gasteiger partial charge in [-0.3, -0.25) is 9.59 Å². The molecule has 0 radical (unpaired) electrons. The maximum Gasteiger partial charge on any atom is 0.408 e. The van der Waals surface area contributed by atoms with Crippen LogP contribution in [0.2, 0.25) is 0 Å². The number of alkyl carbamates (subject to hydrolysis) is 1. The molecule has 1 aromatic rings. The van der Waals surface area contributed by atoms with Gasteiger partial charge in [0.05, 0.1) is 6.42 Å². The molecule has 2 atom stereocenters. The number of rotatable bonds is 8. The van der Waals surface area contributed by atoms with Crippen LogP contribution in [0, 0.1) is 5.92 Å². The Morgan fingerprint density at radius 3 is 2.48 bits per heavy atom. The molecule has 0 saturated carbocycles. The van der Waals surface area contributed by atoms with Gasteiger partial charge in [0.2, 0.25) is 11.8 Å². The van der Waals surface area contributed by atoms with Crippen molar-refractivity contribution in [1.29, 1.82) is 0 Å². The zero-order chi connectivity index (χ0) is 23.0. The number of hydrogen-bond donors (Lipinski definition) is 2. The van der Waals surface area contributed by atoms with E-state index in [-0.39, 0.29) is 12.5 Å². The number of ether oxygens (including phenoxy) is 1. The molecule has 1 aromatic carbocycles. The van der Waals surface area contributed by atoms with Gasteiger partial charge < -0.3 is 20.3 Å². The predicted molar refractivity (Wildman–Crippen MR) is 107 cm³/mol. The third kappa shape index (κ3) is 7.76. The van der Waals surface area contributed by atoms with Gasteiger partial charge in [0.25, 0.3) is 0 Å². The first-order valence-corrected chi connectivity index (χ1v) is 10.2. The molecule has 1 aliphatic rings. The number of benzene rings is 1. The Labute approximate surface area is 179 Å². The largest absolute Gasteiger partial charge is 0.445 e. The van der Waals surface area contributed by atoms with Crippen molar-refractivity contribution in [3.8, 4) is 0 Å². The lowest BCUT2D eigenvalue weighted by atomic mass is 10.0. The van der Waals surface area contributed by atoms with Crippen molar-refractivity contribution in [1.82, 2.24) is 15.5 Å². The Balaban J connectivity index is 1.94. The first kappa shape index (κ1) is 24.5. The van der Waals surface area contributed by atoms with Crippen LogP contribution in [-0.4, -0.2) is 54.2 Å². The molecule has 10 heteroatoms. The Kier molecular flexibility index (Phi) is 8.70. The molecule has 172 valence electrons. The highest BCUT2D eigenvalue weighted by Crippen LogP contribution is 2.22. The highest BCUT2D eigenvalue weighted by Gasteiger charge is 2.39. The van der Waals surface area contributed by atoms with Gasteiger partial charge >= 0.3 is 12.3 Å². The smallest absolute Gasteiger partial charge is 0.408 e. The number of carbonyl (C=O) groups excluding carboxylic acids is 3. The fraction of sp³-hybridized carbons (Fsp3) is 0.571. The maximum absolute atomic E-state index is 13.0. The molecule has 0 aromatic heterocycles. The topological polar surface area (TPSA) is 87.7 Å². The van der Waals surface area contributed by atoms with Crippen molar-refractivity contribution in [2.75, 3.05) is 13.1 Å². The van der Waals surface area contributed by atoms with Crippen LogP contribution in [0.4, 0.5) is 18.0 Å².